The van der Waals surface area contributed by atoms with Gasteiger partial charge >= 0.3 is 0 Å². The van der Waals surface area contributed by atoms with Crippen LogP contribution >= 0.6 is 0 Å². The van der Waals surface area contributed by atoms with E-state index in [4.69, 9.17) is 4.52 Å². The molecule has 1 saturated heterocycles. The minimum atomic E-state index is -1.01. The number of rotatable bonds is 7. The molecule has 0 bridgehead atoms. The SMILES string of the molecule is CC(C)CC1C(=O)NC(C2Cc3ccccc3C2)C(=O)N1C(C(=O)NC(C)C)c1ccc2nnoc2c1. The molecular weight excluding hydrogens is 470 g/mol. The second kappa shape index (κ2) is 9.95. The lowest BCUT2D eigenvalue weighted by Gasteiger charge is -2.45. The molecule has 0 saturated carbocycles. The topological polar surface area (TPSA) is 117 Å². The normalized spacial score (nSPS) is 21.0. The highest BCUT2D eigenvalue weighted by atomic mass is 16.5. The van der Waals surface area contributed by atoms with Crippen molar-refractivity contribution in [1.29, 1.82) is 0 Å². The van der Waals surface area contributed by atoms with Crippen LogP contribution in [0.25, 0.3) is 11.1 Å². The number of benzene rings is 2. The second-order valence-electron chi connectivity index (χ2n) is 10.9. The summed E-state index contributed by atoms with van der Waals surface area (Å²) in [6.07, 6.45) is 1.84. The largest absolute Gasteiger partial charge is 0.352 e. The second-order valence-corrected chi connectivity index (χ2v) is 10.9. The van der Waals surface area contributed by atoms with E-state index in [1.165, 1.54) is 16.0 Å². The lowest BCUT2D eigenvalue weighted by atomic mass is 9.88. The van der Waals surface area contributed by atoms with Crippen molar-refractivity contribution in [3.63, 3.8) is 0 Å². The fourth-order valence-electron chi connectivity index (χ4n) is 5.64. The Balaban J connectivity index is 1.57. The molecule has 194 valence electrons. The van der Waals surface area contributed by atoms with Gasteiger partial charge in [0.2, 0.25) is 17.7 Å². The lowest BCUT2D eigenvalue weighted by Crippen LogP contribution is -2.67. The number of piperazine rings is 1. The number of amides is 3. The molecule has 2 N–H and O–H groups in total. The fraction of sp³-hybridized carbons (Fsp3) is 0.464. The summed E-state index contributed by atoms with van der Waals surface area (Å²) in [6.45, 7) is 7.75. The summed E-state index contributed by atoms with van der Waals surface area (Å²) in [4.78, 5) is 43.1. The first-order chi connectivity index (χ1) is 17.7. The molecule has 9 heteroatoms. The van der Waals surface area contributed by atoms with E-state index in [1.54, 1.807) is 18.2 Å². The molecule has 3 aromatic rings. The molecule has 1 aliphatic carbocycles. The van der Waals surface area contributed by atoms with E-state index in [2.05, 4.69) is 33.1 Å². The Labute approximate surface area is 215 Å². The van der Waals surface area contributed by atoms with Gasteiger partial charge in [-0.05, 0) is 73.8 Å². The molecule has 1 fully saturated rings. The molecular formula is C28H33N5O4. The Morgan fingerprint density at radius 2 is 1.81 bits per heavy atom. The van der Waals surface area contributed by atoms with Gasteiger partial charge in [0.25, 0.3) is 0 Å². The molecule has 2 aliphatic rings. The van der Waals surface area contributed by atoms with Crippen molar-refractivity contribution >= 4 is 28.8 Å². The van der Waals surface area contributed by atoms with Crippen LogP contribution < -0.4 is 10.6 Å². The quantitative estimate of drug-likeness (QED) is 0.512. The van der Waals surface area contributed by atoms with Crippen molar-refractivity contribution in [2.75, 3.05) is 0 Å². The van der Waals surface area contributed by atoms with E-state index >= 15 is 0 Å². The van der Waals surface area contributed by atoms with E-state index in [-0.39, 0.29) is 35.6 Å². The first kappa shape index (κ1) is 24.9. The van der Waals surface area contributed by atoms with E-state index < -0.39 is 18.1 Å². The van der Waals surface area contributed by atoms with Crippen molar-refractivity contribution in [1.82, 2.24) is 25.9 Å². The van der Waals surface area contributed by atoms with E-state index in [0.717, 1.165) is 0 Å². The highest BCUT2D eigenvalue weighted by Gasteiger charge is 2.49. The van der Waals surface area contributed by atoms with Crippen LogP contribution in [0.2, 0.25) is 0 Å². The molecule has 9 nitrogen and oxygen atoms in total. The van der Waals surface area contributed by atoms with Crippen LogP contribution in [0, 0.1) is 11.8 Å². The number of carbonyl (C=O) groups is 3. The van der Waals surface area contributed by atoms with E-state index in [1.807, 2.05) is 39.8 Å². The Morgan fingerprint density at radius 3 is 2.46 bits per heavy atom. The lowest BCUT2D eigenvalue weighted by molar-refractivity contribution is -0.158. The van der Waals surface area contributed by atoms with Crippen LogP contribution in [-0.4, -0.2) is 51.1 Å². The zero-order valence-electron chi connectivity index (χ0n) is 21.6. The zero-order chi connectivity index (χ0) is 26.3. The molecule has 0 spiro atoms. The van der Waals surface area contributed by atoms with Crippen LogP contribution in [0.4, 0.5) is 0 Å². The highest BCUT2D eigenvalue weighted by molar-refractivity contribution is 6.00. The van der Waals surface area contributed by atoms with Gasteiger partial charge in [-0.3, -0.25) is 14.4 Å². The van der Waals surface area contributed by atoms with Gasteiger partial charge in [-0.2, -0.15) is 0 Å². The van der Waals surface area contributed by atoms with Gasteiger partial charge < -0.3 is 20.1 Å². The monoisotopic (exact) mass is 503 g/mol. The maximum absolute atomic E-state index is 14.3. The zero-order valence-corrected chi connectivity index (χ0v) is 21.6. The van der Waals surface area contributed by atoms with Crippen LogP contribution in [0.3, 0.4) is 0 Å². The van der Waals surface area contributed by atoms with Crippen molar-refractivity contribution < 1.29 is 18.9 Å². The average molecular weight is 504 g/mol. The maximum Gasteiger partial charge on any atom is 0.247 e. The van der Waals surface area contributed by atoms with Gasteiger partial charge in [0.15, 0.2) is 5.58 Å². The van der Waals surface area contributed by atoms with Crippen LogP contribution in [0.5, 0.6) is 0 Å². The van der Waals surface area contributed by atoms with E-state index in [9.17, 15) is 14.4 Å². The smallest absolute Gasteiger partial charge is 0.247 e. The Bertz CT molecular complexity index is 1310. The summed E-state index contributed by atoms with van der Waals surface area (Å²) >= 11 is 0. The number of hydrogen-bond donors (Lipinski definition) is 2. The van der Waals surface area contributed by atoms with E-state index in [0.29, 0.717) is 35.9 Å². The Morgan fingerprint density at radius 1 is 1.11 bits per heavy atom. The molecule has 3 amide bonds. The number of aromatic nitrogens is 2. The minimum Gasteiger partial charge on any atom is -0.352 e. The average Bonchev–Trinajstić information content (AvgIpc) is 3.49. The third-order valence-corrected chi connectivity index (χ3v) is 7.25. The Hall–Kier alpha value is -3.75. The summed E-state index contributed by atoms with van der Waals surface area (Å²) in [5.41, 5.74) is 3.91. The summed E-state index contributed by atoms with van der Waals surface area (Å²) in [5.74, 6) is -0.743. The maximum atomic E-state index is 14.3. The third kappa shape index (κ3) is 4.82. The molecule has 1 aliphatic heterocycles. The molecule has 3 atom stereocenters. The molecule has 2 heterocycles. The van der Waals surface area contributed by atoms with Gasteiger partial charge in [-0.25, -0.2) is 0 Å². The first-order valence-electron chi connectivity index (χ1n) is 12.9. The summed E-state index contributed by atoms with van der Waals surface area (Å²) < 4.78 is 5.26. The van der Waals surface area contributed by atoms with Crippen LogP contribution in [0.15, 0.2) is 47.0 Å². The minimum absolute atomic E-state index is 0.0777. The van der Waals surface area contributed by atoms with Gasteiger partial charge in [0.05, 0.1) is 0 Å². The number of fused-ring (bicyclic) bond motifs is 2. The Kier molecular flexibility index (Phi) is 6.70. The summed E-state index contributed by atoms with van der Waals surface area (Å²) in [7, 11) is 0. The highest BCUT2D eigenvalue weighted by Crippen LogP contribution is 2.36. The third-order valence-electron chi connectivity index (χ3n) is 7.25. The number of carbonyl (C=O) groups excluding carboxylic acids is 3. The molecule has 0 radical (unpaired) electrons. The van der Waals surface area contributed by atoms with Gasteiger partial charge in [0, 0.05) is 11.3 Å². The van der Waals surface area contributed by atoms with Gasteiger partial charge in [-0.15, -0.1) is 5.10 Å². The number of nitrogens with one attached hydrogen (secondary N) is 2. The van der Waals surface area contributed by atoms with Crippen LogP contribution in [-0.2, 0) is 27.2 Å². The van der Waals surface area contributed by atoms with Crippen molar-refractivity contribution in [3.05, 3.63) is 59.2 Å². The van der Waals surface area contributed by atoms with Crippen molar-refractivity contribution in [3.8, 4) is 0 Å². The van der Waals surface area contributed by atoms with Crippen molar-refractivity contribution in [2.24, 2.45) is 11.8 Å². The summed E-state index contributed by atoms with van der Waals surface area (Å²) in [6, 6.07) is 10.6. The fourth-order valence-corrected chi connectivity index (χ4v) is 5.64. The molecule has 5 rings (SSSR count). The predicted octanol–water partition coefficient (Wildman–Crippen LogP) is 2.95. The number of hydrogen-bond acceptors (Lipinski definition) is 6. The predicted molar refractivity (Wildman–Crippen MR) is 137 cm³/mol. The molecule has 2 aromatic carbocycles. The van der Waals surface area contributed by atoms with Gasteiger partial charge in [0.1, 0.15) is 23.6 Å². The molecule has 3 unspecified atom stereocenters. The van der Waals surface area contributed by atoms with Crippen LogP contribution in [0.1, 0.15) is 56.8 Å². The summed E-state index contributed by atoms with van der Waals surface area (Å²) in [5, 5.41) is 13.5. The number of nitrogens with zero attached hydrogens (tertiary/aromatic N) is 3. The molecule has 37 heavy (non-hydrogen) atoms. The standard InChI is InChI=1S/C28H33N5O4/c1-15(2)11-22-26(34)30-24(20-12-17-7-5-6-8-18(17)13-20)28(36)33(22)25(27(35)29-16(3)4)19-9-10-21-23(14-19)37-32-31-21/h5-10,14-16,20,22,24-25H,11-13H2,1-4H3,(H,29,35)(H,30,34). The molecule has 1 aromatic heterocycles. The van der Waals surface area contributed by atoms with Gasteiger partial charge in [-0.1, -0.05) is 44.2 Å². The first-order valence-corrected chi connectivity index (χ1v) is 12.9. The van der Waals surface area contributed by atoms with Crippen molar-refractivity contribution in [2.45, 2.75) is 71.1 Å².